The number of hydrogen-bond acceptors (Lipinski definition) is 2. The Hall–Kier alpha value is -2.33. The summed E-state index contributed by atoms with van der Waals surface area (Å²) in [7, 11) is -3.64. The lowest BCUT2D eigenvalue weighted by atomic mass is 10.2. The topological polar surface area (TPSA) is 39.1 Å². The summed E-state index contributed by atoms with van der Waals surface area (Å²) in [6.07, 6.45) is 1.56. The molecule has 3 rings (SSSR count). The van der Waals surface area contributed by atoms with Crippen molar-refractivity contribution < 1.29 is 8.42 Å². The van der Waals surface area contributed by atoms with Gasteiger partial charge in [-0.25, -0.2) is 12.4 Å². The van der Waals surface area contributed by atoms with Crippen LogP contribution in [0, 0.1) is 6.92 Å². The van der Waals surface area contributed by atoms with E-state index >= 15 is 0 Å². The highest BCUT2D eigenvalue weighted by Gasteiger charge is 2.21. The lowest BCUT2D eigenvalue weighted by molar-refractivity contribution is 0.589. The van der Waals surface area contributed by atoms with E-state index in [0.29, 0.717) is 11.2 Å². The van der Waals surface area contributed by atoms with Crippen LogP contribution in [0.5, 0.6) is 0 Å². The zero-order chi connectivity index (χ0) is 15.0. The minimum Gasteiger partial charge on any atom is -0.234 e. The molecule has 1 aromatic heterocycles. The molecule has 3 aromatic rings. The number of nitrogens with zero attached hydrogens (tertiary/aromatic N) is 1. The van der Waals surface area contributed by atoms with E-state index in [0.717, 1.165) is 10.9 Å². The standard InChI is InChI=1S/C17H15NO2S/c1-3-15-12-14-6-4-5-7-17(14)18(15)21(19,20)16-10-8-13(2)9-11-16/h3-12H,1H2,2H3. The Balaban J connectivity index is 2.32. The molecule has 0 aliphatic rings. The molecule has 0 radical (unpaired) electrons. The number of para-hydroxylation sites is 1. The van der Waals surface area contributed by atoms with Crippen molar-refractivity contribution in [2.75, 3.05) is 0 Å². The highest BCUT2D eigenvalue weighted by Crippen LogP contribution is 2.26. The van der Waals surface area contributed by atoms with E-state index in [2.05, 4.69) is 6.58 Å². The van der Waals surface area contributed by atoms with Crippen LogP contribution in [-0.4, -0.2) is 12.4 Å². The van der Waals surface area contributed by atoms with Crippen LogP contribution >= 0.6 is 0 Å². The van der Waals surface area contributed by atoms with Crippen molar-refractivity contribution in [2.45, 2.75) is 11.8 Å². The Morgan fingerprint density at radius 2 is 1.71 bits per heavy atom. The van der Waals surface area contributed by atoms with E-state index in [1.807, 2.05) is 31.2 Å². The van der Waals surface area contributed by atoms with Crippen LogP contribution in [-0.2, 0) is 10.0 Å². The maximum Gasteiger partial charge on any atom is 0.268 e. The van der Waals surface area contributed by atoms with Gasteiger partial charge in [-0.05, 0) is 37.3 Å². The SMILES string of the molecule is C=Cc1cc2ccccc2n1S(=O)(=O)c1ccc(C)cc1. The number of fused-ring (bicyclic) bond motifs is 1. The van der Waals surface area contributed by atoms with Gasteiger partial charge in [0.2, 0.25) is 0 Å². The quantitative estimate of drug-likeness (QED) is 0.737. The molecule has 0 aliphatic carbocycles. The van der Waals surface area contributed by atoms with Gasteiger partial charge in [0.15, 0.2) is 0 Å². The van der Waals surface area contributed by atoms with Gasteiger partial charge in [0.25, 0.3) is 10.0 Å². The second-order valence-electron chi connectivity index (χ2n) is 4.91. The zero-order valence-corrected chi connectivity index (χ0v) is 12.5. The molecule has 2 aromatic carbocycles. The first-order chi connectivity index (χ1) is 10.0. The van der Waals surface area contributed by atoms with Crippen molar-refractivity contribution in [3.8, 4) is 0 Å². The monoisotopic (exact) mass is 297 g/mol. The van der Waals surface area contributed by atoms with Gasteiger partial charge in [0.05, 0.1) is 16.1 Å². The van der Waals surface area contributed by atoms with Gasteiger partial charge < -0.3 is 0 Å². The Bertz CT molecular complexity index is 919. The van der Waals surface area contributed by atoms with Crippen molar-refractivity contribution in [1.82, 2.24) is 3.97 Å². The molecule has 1 heterocycles. The van der Waals surface area contributed by atoms with Crippen LogP contribution in [0.4, 0.5) is 0 Å². The Morgan fingerprint density at radius 1 is 1.05 bits per heavy atom. The van der Waals surface area contributed by atoms with Crippen molar-refractivity contribution in [3.05, 3.63) is 72.4 Å². The Kier molecular flexibility index (Phi) is 3.18. The highest BCUT2D eigenvalue weighted by molar-refractivity contribution is 7.90. The molecule has 106 valence electrons. The number of rotatable bonds is 3. The van der Waals surface area contributed by atoms with Crippen molar-refractivity contribution in [2.24, 2.45) is 0 Å². The molecular weight excluding hydrogens is 282 g/mol. The molecule has 0 amide bonds. The average molecular weight is 297 g/mol. The molecule has 0 saturated heterocycles. The van der Waals surface area contributed by atoms with Crippen LogP contribution in [0.15, 0.2) is 66.1 Å². The molecule has 0 bridgehead atoms. The van der Waals surface area contributed by atoms with E-state index in [1.165, 1.54) is 3.97 Å². The molecule has 0 unspecified atom stereocenters. The largest absolute Gasteiger partial charge is 0.268 e. The molecule has 3 nitrogen and oxygen atoms in total. The summed E-state index contributed by atoms with van der Waals surface area (Å²) in [5.41, 5.74) is 2.25. The summed E-state index contributed by atoms with van der Waals surface area (Å²) >= 11 is 0. The summed E-state index contributed by atoms with van der Waals surface area (Å²) in [6.45, 7) is 5.65. The fourth-order valence-corrected chi connectivity index (χ4v) is 3.90. The smallest absolute Gasteiger partial charge is 0.234 e. The maximum atomic E-state index is 12.9. The van der Waals surface area contributed by atoms with Crippen LogP contribution in [0.1, 0.15) is 11.3 Å². The number of aromatic nitrogens is 1. The van der Waals surface area contributed by atoms with Crippen LogP contribution in [0.3, 0.4) is 0 Å². The summed E-state index contributed by atoms with van der Waals surface area (Å²) in [6, 6.07) is 16.1. The third-order valence-electron chi connectivity index (χ3n) is 3.46. The number of benzene rings is 2. The van der Waals surface area contributed by atoms with E-state index in [-0.39, 0.29) is 4.90 Å². The third kappa shape index (κ3) is 2.17. The molecule has 0 N–H and O–H groups in total. The van der Waals surface area contributed by atoms with E-state index < -0.39 is 10.0 Å². The fraction of sp³-hybridized carbons (Fsp3) is 0.0588. The summed E-state index contributed by atoms with van der Waals surface area (Å²) in [5.74, 6) is 0. The lowest BCUT2D eigenvalue weighted by Gasteiger charge is -2.10. The van der Waals surface area contributed by atoms with E-state index in [4.69, 9.17) is 0 Å². The second kappa shape index (κ2) is 4.90. The second-order valence-corrected chi connectivity index (χ2v) is 6.70. The minimum atomic E-state index is -3.64. The summed E-state index contributed by atoms with van der Waals surface area (Å²) < 4.78 is 27.2. The predicted octanol–water partition coefficient (Wildman–Crippen LogP) is 3.83. The fourth-order valence-electron chi connectivity index (χ4n) is 2.38. The van der Waals surface area contributed by atoms with Gasteiger partial charge in [0, 0.05) is 5.39 Å². The van der Waals surface area contributed by atoms with Gasteiger partial charge >= 0.3 is 0 Å². The van der Waals surface area contributed by atoms with Crippen LogP contribution in [0.25, 0.3) is 17.0 Å². The van der Waals surface area contributed by atoms with E-state index in [1.54, 1.807) is 36.4 Å². The normalized spacial score (nSPS) is 11.7. The zero-order valence-electron chi connectivity index (χ0n) is 11.7. The van der Waals surface area contributed by atoms with Gasteiger partial charge in [-0.2, -0.15) is 0 Å². The number of hydrogen-bond donors (Lipinski definition) is 0. The third-order valence-corrected chi connectivity index (χ3v) is 5.22. The van der Waals surface area contributed by atoms with Crippen LogP contribution in [0.2, 0.25) is 0 Å². The molecule has 4 heteroatoms. The first-order valence-corrected chi connectivity index (χ1v) is 8.03. The molecule has 21 heavy (non-hydrogen) atoms. The van der Waals surface area contributed by atoms with Crippen molar-refractivity contribution in [1.29, 1.82) is 0 Å². The van der Waals surface area contributed by atoms with Crippen molar-refractivity contribution >= 4 is 27.0 Å². The highest BCUT2D eigenvalue weighted by atomic mass is 32.2. The first-order valence-electron chi connectivity index (χ1n) is 6.59. The molecule has 0 saturated carbocycles. The van der Waals surface area contributed by atoms with Gasteiger partial charge in [-0.1, -0.05) is 42.5 Å². The maximum absolute atomic E-state index is 12.9. The van der Waals surface area contributed by atoms with Gasteiger partial charge in [-0.3, -0.25) is 0 Å². The van der Waals surface area contributed by atoms with Crippen molar-refractivity contribution in [3.63, 3.8) is 0 Å². The first kappa shape index (κ1) is 13.6. The molecule has 0 atom stereocenters. The van der Waals surface area contributed by atoms with Gasteiger partial charge in [0.1, 0.15) is 0 Å². The molecular formula is C17H15NO2S. The minimum absolute atomic E-state index is 0.276. The summed E-state index contributed by atoms with van der Waals surface area (Å²) in [5, 5.41) is 0.878. The Labute approximate surface area is 124 Å². The average Bonchev–Trinajstić information content (AvgIpc) is 2.87. The van der Waals surface area contributed by atoms with E-state index in [9.17, 15) is 8.42 Å². The molecule has 0 aliphatic heterocycles. The molecule has 0 spiro atoms. The summed E-state index contributed by atoms with van der Waals surface area (Å²) in [4.78, 5) is 0.276. The predicted molar refractivity (Wildman–Crippen MR) is 85.8 cm³/mol. The lowest BCUT2D eigenvalue weighted by Crippen LogP contribution is -2.14. The molecule has 0 fully saturated rings. The van der Waals surface area contributed by atoms with Gasteiger partial charge in [-0.15, -0.1) is 0 Å². The Morgan fingerprint density at radius 3 is 2.38 bits per heavy atom. The van der Waals surface area contributed by atoms with Crippen LogP contribution < -0.4 is 0 Å². The number of aryl methyl sites for hydroxylation is 1.